The monoisotopic (exact) mass is 355 g/mol. The molecule has 0 spiro atoms. The standard InChI is InChI=1S/C17H17N5O2S/c1-12(15-4-3-9-24-15)19-20-16(23)14-7-5-13(6-8-14)10-25-17-21-18-11-22(17)2/h3-9,11H,10H2,1-2H3,(H,20,23)/b19-12-. The van der Waals surface area contributed by atoms with Gasteiger partial charge in [0.05, 0.1) is 6.26 Å². The summed E-state index contributed by atoms with van der Waals surface area (Å²) in [6.07, 6.45) is 3.23. The first-order chi connectivity index (χ1) is 12.1. The lowest BCUT2D eigenvalue weighted by Crippen LogP contribution is -2.19. The highest BCUT2D eigenvalue weighted by molar-refractivity contribution is 7.98. The largest absolute Gasteiger partial charge is 0.463 e. The summed E-state index contributed by atoms with van der Waals surface area (Å²) >= 11 is 1.59. The van der Waals surface area contributed by atoms with Gasteiger partial charge in [-0.1, -0.05) is 23.9 Å². The smallest absolute Gasteiger partial charge is 0.271 e. The molecule has 3 aromatic rings. The molecule has 128 valence electrons. The second kappa shape index (κ2) is 7.80. The minimum Gasteiger partial charge on any atom is -0.463 e. The lowest BCUT2D eigenvalue weighted by Gasteiger charge is -2.04. The Balaban J connectivity index is 1.57. The van der Waals surface area contributed by atoms with E-state index < -0.39 is 0 Å². The van der Waals surface area contributed by atoms with Crippen LogP contribution in [0.4, 0.5) is 0 Å². The molecule has 2 aromatic heterocycles. The maximum Gasteiger partial charge on any atom is 0.271 e. The Morgan fingerprint density at radius 3 is 2.76 bits per heavy atom. The number of furan rings is 1. The van der Waals surface area contributed by atoms with Crippen LogP contribution in [-0.4, -0.2) is 26.4 Å². The van der Waals surface area contributed by atoms with Crippen LogP contribution < -0.4 is 5.43 Å². The van der Waals surface area contributed by atoms with E-state index in [2.05, 4.69) is 20.7 Å². The van der Waals surface area contributed by atoms with Crippen molar-refractivity contribution in [2.24, 2.45) is 12.1 Å². The van der Waals surface area contributed by atoms with E-state index in [0.717, 1.165) is 16.5 Å². The number of rotatable bonds is 6. The lowest BCUT2D eigenvalue weighted by molar-refractivity contribution is 0.0955. The Labute approximate surface area is 149 Å². The number of hydrazone groups is 1. The molecule has 1 aromatic carbocycles. The maximum atomic E-state index is 12.1. The van der Waals surface area contributed by atoms with Gasteiger partial charge in [-0.05, 0) is 36.8 Å². The zero-order valence-corrected chi connectivity index (χ0v) is 14.7. The fourth-order valence-corrected chi connectivity index (χ4v) is 2.89. The Kier molecular flexibility index (Phi) is 5.30. The molecular weight excluding hydrogens is 338 g/mol. The Hall–Kier alpha value is -2.87. The molecule has 2 heterocycles. The number of nitrogens with one attached hydrogen (secondary N) is 1. The van der Waals surface area contributed by atoms with Crippen LogP contribution in [0.15, 0.2) is 63.7 Å². The van der Waals surface area contributed by atoms with Gasteiger partial charge in [0.25, 0.3) is 5.91 Å². The van der Waals surface area contributed by atoms with E-state index in [0.29, 0.717) is 17.0 Å². The third kappa shape index (κ3) is 4.36. The predicted octanol–water partition coefficient (Wildman–Crippen LogP) is 2.85. The van der Waals surface area contributed by atoms with Crippen LogP contribution in [0.25, 0.3) is 0 Å². The number of hydrogen-bond donors (Lipinski definition) is 1. The summed E-state index contributed by atoms with van der Waals surface area (Å²) < 4.78 is 7.09. The molecule has 8 heteroatoms. The van der Waals surface area contributed by atoms with Gasteiger partial charge in [0.2, 0.25) is 0 Å². The Morgan fingerprint density at radius 2 is 2.12 bits per heavy atom. The van der Waals surface area contributed by atoms with Crippen molar-refractivity contribution in [3.8, 4) is 0 Å². The summed E-state index contributed by atoms with van der Waals surface area (Å²) in [4.78, 5) is 12.1. The van der Waals surface area contributed by atoms with Gasteiger partial charge in [-0.15, -0.1) is 10.2 Å². The first-order valence-corrected chi connectivity index (χ1v) is 8.56. The highest BCUT2D eigenvalue weighted by atomic mass is 32.2. The number of nitrogens with zero attached hydrogens (tertiary/aromatic N) is 4. The summed E-state index contributed by atoms with van der Waals surface area (Å²) in [5.74, 6) is 1.11. The number of amides is 1. The normalized spacial score (nSPS) is 11.5. The molecule has 0 aliphatic heterocycles. The van der Waals surface area contributed by atoms with Crippen LogP contribution in [-0.2, 0) is 12.8 Å². The molecular formula is C17H17N5O2S. The molecule has 0 saturated carbocycles. The van der Waals surface area contributed by atoms with Gasteiger partial charge >= 0.3 is 0 Å². The summed E-state index contributed by atoms with van der Waals surface area (Å²) in [5.41, 5.74) is 4.78. The molecule has 0 aliphatic rings. The van der Waals surface area contributed by atoms with Crippen molar-refractivity contribution in [1.82, 2.24) is 20.2 Å². The van der Waals surface area contributed by atoms with Gasteiger partial charge in [-0.2, -0.15) is 5.10 Å². The van der Waals surface area contributed by atoms with Crippen molar-refractivity contribution in [3.63, 3.8) is 0 Å². The molecule has 1 N–H and O–H groups in total. The van der Waals surface area contributed by atoms with Crippen molar-refractivity contribution in [2.75, 3.05) is 0 Å². The average Bonchev–Trinajstić information content (AvgIpc) is 3.30. The molecule has 1 amide bonds. The van der Waals surface area contributed by atoms with Gasteiger partial charge < -0.3 is 8.98 Å². The third-order valence-electron chi connectivity index (χ3n) is 3.46. The third-order valence-corrected chi connectivity index (χ3v) is 4.56. The molecule has 0 saturated heterocycles. The lowest BCUT2D eigenvalue weighted by atomic mass is 10.1. The van der Waals surface area contributed by atoms with E-state index in [1.807, 2.05) is 23.7 Å². The van der Waals surface area contributed by atoms with E-state index in [4.69, 9.17) is 4.42 Å². The Bertz CT molecular complexity index is 869. The second-order valence-corrected chi connectivity index (χ2v) is 6.27. The second-order valence-electron chi connectivity index (χ2n) is 5.33. The van der Waals surface area contributed by atoms with Crippen LogP contribution in [0.5, 0.6) is 0 Å². The first-order valence-electron chi connectivity index (χ1n) is 7.58. The summed E-state index contributed by atoms with van der Waals surface area (Å²) in [6, 6.07) is 10.9. The first kappa shape index (κ1) is 17.0. The number of carbonyl (C=O) groups excluding carboxylic acids is 1. The fourth-order valence-electron chi connectivity index (χ4n) is 2.04. The SMILES string of the molecule is C/C(=N/NC(=O)c1ccc(CSc2nncn2C)cc1)c1ccco1. The molecule has 0 fully saturated rings. The topological polar surface area (TPSA) is 85.3 Å². The van der Waals surface area contributed by atoms with E-state index >= 15 is 0 Å². The van der Waals surface area contributed by atoms with Crippen molar-refractivity contribution >= 4 is 23.4 Å². The zero-order chi connectivity index (χ0) is 17.6. The van der Waals surface area contributed by atoms with Gasteiger partial charge in [-0.25, -0.2) is 5.43 Å². The molecule has 0 unspecified atom stereocenters. The minimum absolute atomic E-state index is 0.265. The van der Waals surface area contributed by atoms with Crippen molar-refractivity contribution in [1.29, 1.82) is 0 Å². The maximum absolute atomic E-state index is 12.1. The van der Waals surface area contributed by atoms with Crippen LogP contribution in [0, 0.1) is 0 Å². The number of aromatic nitrogens is 3. The van der Waals surface area contributed by atoms with Gasteiger partial charge in [-0.3, -0.25) is 4.79 Å². The van der Waals surface area contributed by atoms with E-state index in [9.17, 15) is 4.79 Å². The molecule has 25 heavy (non-hydrogen) atoms. The predicted molar refractivity (Wildman–Crippen MR) is 95.4 cm³/mol. The molecule has 0 bridgehead atoms. The number of benzene rings is 1. The number of hydrogen-bond acceptors (Lipinski definition) is 6. The molecule has 3 rings (SSSR count). The van der Waals surface area contributed by atoms with Crippen molar-refractivity contribution in [3.05, 3.63) is 65.9 Å². The van der Waals surface area contributed by atoms with Crippen LogP contribution in [0.1, 0.15) is 28.6 Å². The van der Waals surface area contributed by atoms with Gasteiger partial charge in [0, 0.05) is 18.4 Å². The van der Waals surface area contributed by atoms with Crippen LogP contribution in [0.2, 0.25) is 0 Å². The van der Waals surface area contributed by atoms with Gasteiger partial charge in [0.1, 0.15) is 17.8 Å². The molecule has 0 atom stereocenters. The van der Waals surface area contributed by atoms with Crippen molar-refractivity contribution in [2.45, 2.75) is 17.8 Å². The van der Waals surface area contributed by atoms with Crippen molar-refractivity contribution < 1.29 is 9.21 Å². The summed E-state index contributed by atoms with van der Waals surface area (Å²) in [6.45, 7) is 1.77. The van der Waals surface area contributed by atoms with Gasteiger partial charge in [0.15, 0.2) is 5.16 Å². The van der Waals surface area contributed by atoms with Crippen LogP contribution >= 0.6 is 11.8 Å². The Morgan fingerprint density at radius 1 is 1.32 bits per heavy atom. The fraction of sp³-hybridized carbons (Fsp3) is 0.176. The highest BCUT2D eigenvalue weighted by Gasteiger charge is 2.07. The summed E-state index contributed by atoms with van der Waals surface area (Å²) in [5, 5.41) is 12.8. The average molecular weight is 355 g/mol. The number of aryl methyl sites for hydroxylation is 1. The van der Waals surface area contributed by atoms with E-state index in [1.54, 1.807) is 55.5 Å². The molecule has 7 nitrogen and oxygen atoms in total. The molecule has 0 aliphatic carbocycles. The molecule has 0 radical (unpaired) electrons. The van der Waals surface area contributed by atoms with Crippen LogP contribution in [0.3, 0.4) is 0 Å². The highest BCUT2D eigenvalue weighted by Crippen LogP contribution is 2.20. The van der Waals surface area contributed by atoms with E-state index in [-0.39, 0.29) is 5.91 Å². The van der Waals surface area contributed by atoms with E-state index in [1.165, 1.54) is 0 Å². The zero-order valence-electron chi connectivity index (χ0n) is 13.8. The minimum atomic E-state index is -0.265. The quantitative estimate of drug-likeness (QED) is 0.417. The summed E-state index contributed by atoms with van der Waals surface area (Å²) in [7, 11) is 1.90. The number of carbonyl (C=O) groups is 1. The number of thioether (sulfide) groups is 1.